The third kappa shape index (κ3) is 1.49. The molecule has 0 aliphatic carbocycles. The average Bonchev–Trinajstić information content (AvgIpc) is 2.18. The van der Waals surface area contributed by atoms with Crippen molar-refractivity contribution >= 4 is 5.78 Å². The number of hydrogen-bond acceptors (Lipinski definition) is 2. The third-order valence-corrected chi connectivity index (χ3v) is 2.48. The first kappa shape index (κ1) is 8.45. The van der Waals surface area contributed by atoms with Crippen LogP contribution in [0.25, 0.3) is 0 Å². The van der Waals surface area contributed by atoms with Crippen LogP contribution >= 0.6 is 0 Å². The first-order valence-corrected chi connectivity index (χ1v) is 4.67. The molecule has 68 valence electrons. The van der Waals surface area contributed by atoms with Crippen LogP contribution in [-0.4, -0.2) is 12.3 Å². The smallest absolute Gasteiger partial charge is 0.176 e. The molecule has 0 aromatic heterocycles. The Bertz CT molecular complexity index is 344. The molecule has 1 N–H and O–H groups in total. The van der Waals surface area contributed by atoms with E-state index in [4.69, 9.17) is 0 Å². The number of nitrogens with one attached hydrogen (secondary N) is 1. The van der Waals surface area contributed by atoms with Crippen molar-refractivity contribution < 1.29 is 4.79 Å². The van der Waals surface area contributed by atoms with Gasteiger partial charge in [-0.05, 0) is 23.6 Å². The van der Waals surface area contributed by atoms with E-state index in [-0.39, 0.29) is 5.78 Å². The van der Waals surface area contributed by atoms with Gasteiger partial charge in [-0.15, -0.1) is 0 Å². The predicted octanol–water partition coefficient (Wildman–Crippen LogP) is 1.53. The number of aryl methyl sites for hydroxylation is 1. The van der Waals surface area contributed by atoms with E-state index in [1.807, 2.05) is 6.07 Å². The quantitative estimate of drug-likeness (QED) is 0.701. The van der Waals surface area contributed by atoms with Crippen LogP contribution in [0.5, 0.6) is 0 Å². The highest BCUT2D eigenvalue weighted by Crippen LogP contribution is 2.16. The fraction of sp³-hybridized carbons (Fsp3) is 0.364. The molecule has 0 unspecified atom stereocenters. The highest BCUT2D eigenvalue weighted by atomic mass is 16.1. The summed E-state index contributed by atoms with van der Waals surface area (Å²) in [6.45, 7) is 3.42. The first-order valence-electron chi connectivity index (χ1n) is 4.67. The number of fused-ring (bicyclic) bond motifs is 1. The van der Waals surface area contributed by atoms with Gasteiger partial charge in [0.2, 0.25) is 0 Å². The minimum atomic E-state index is 0.219. The van der Waals surface area contributed by atoms with Crippen molar-refractivity contribution in [2.45, 2.75) is 19.9 Å². The minimum Gasteiger partial charge on any atom is -0.306 e. The number of benzene rings is 1. The zero-order valence-corrected chi connectivity index (χ0v) is 7.76. The lowest BCUT2D eigenvalue weighted by Gasteiger charge is -2.16. The lowest BCUT2D eigenvalue weighted by atomic mass is 9.97. The first-order chi connectivity index (χ1) is 6.31. The van der Waals surface area contributed by atoms with Crippen LogP contribution in [0.3, 0.4) is 0 Å². The normalized spacial score (nSPS) is 15.6. The van der Waals surface area contributed by atoms with Crippen molar-refractivity contribution in [3.63, 3.8) is 0 Å². The second-order valence-corrected chi connectivity index (χ2v) is 3.37. The van der Waals surface area contributed by atoms with Crippen molar-refractivity contribution in [3.05, 3.63) is 34.9 Å². The molecule has 1 aromatic rings. The van der Waals surface area contributed by atoms with Crippen LogP contribution in [-0.2, 0) is 13.0 Å². The molecule has 0 radical (unpaired) electrons. The van der Waals surface area contributed by atoms with E-state index in [0.29, 0.717) is 6.54 Å². The average molecular weight is 175 g/mol. The van der Waals surface area contributed by atoms with Crippen LogP contribution in [0.4, 0.5) is 0 Å². The summed E-state index contributed by atoms with van der Waals surface area (Å²) in [6, 6.07) is 6.18. The third-order valence-electron chi connectivity index (χ3n) is 2.48. The van der Waals surface area contributed by atoms with Crippen molar-refractivity contribution in [2.75, 3.05) is 6.54 Å². The maximum atomic E-state index is 11.5. The minimum absolute atomic E-state index is 0.219. The molecule has 2 rings (SSSR count). The molecular formula is C11H13NO. The number of hydrogen-bond donors (Lipinski definition) is 1. The second-order valence-electron chi connectivity index (χ2n) is 3.37. The highest BCUT2D eigenvalue weighted by molar-refractivity contribution is 6.00. The van der Waals surface area contributed by atoms with E-state index < -0.39 is 0 Å². The van der Waals surface area contributed by atoms with Crippen molar-refractivity contribution in [1.82, 2.24) is 5.32 Å². The molecular weight excluding hydrogens is 162 g/mol. The molecule has 2 heteroatoms. The number of ketones is 1. The Morgan fingerprint density at radius 1 is 1.38 bits per heavy atom. The van der Waals surface area contributed by atoms with Gasteiger partial charge in [0.15, 0.2) is 5.78 Å². The van der Waals surface area contributed by atoms with Gasteiger partial charge in [-0.1, -0.05) is 19.1 Å². The van der Waals surface area contributed by atoms with Crippen LogP contribution in [0.15, 0.2) is 18.2 Å². The largest absolute Gasteiger partial charge is 0.306 e. The van der Waals surface area contributed by atoms with Crippen molar-refractivity contribution in [3.8, 4) is 0 Å². The lowest BCUT2D eigenvalue weighted by molar-refractivity contribution is 0.0982. The number of carbonyl (C=O) groups is 1. The summed E-state index contributed by atoms with van der Waals surface area (Å²) >= 11 is 0. The van der Waals surface area contributed by atoms with Gasteiger partial charge in [0.05, 0.1) is 6.54 Å². The van der Waals surface area contributed by atoms with Crippen LogP contribution < -0.4 is 5.32 Å². The van der Waals surface area contributed by atoms with Crippen LogP contribution in [0.1, 0.15) is 28.4 Å². The van der Waals surface area contributed by atoms with Crippen molar-refractivity contribution in [1.29, 1.82) is 0 Å². The van der Waals surface area contributed by atoms with E-state index in [1.165, 1.54) is 5.56 Å². The molecule has 0 bridgehead atoms. The Hall–Kier alpha value is -1.15. The molecule has 1 aromatic carbocycles. The zero-order chi connectivity index (χ0) is 9.26. The van der Waals surface area contributed by atoms with Gasteiger partial charge in [-0.25, -0.2) is 0 Å². The Morgan fingerprint density at radius 2 is 2.23 bits per heavy atom. The Labute approximate surface area is 78.0 Å². The molecule has 0 spiro atoms. The van der Waals surface area contributed by atoms with Crippen molar-refractivity contribution in [2.24, 2.45) is 0 Å². The highest BCUT2D eigenvalue weighted by Gasteiger charge is 2.15. The van der Waals surface area contributed by atoms with Crippen LogP contribution in [0, 0.1) is 0 Å². The maximum Gasteiger partial charge on any atom is 0.176 e. The summed E-state index contributed by atoms with van der Waals surface area (Å²) in [5.74, 6) is 0.219. The molecule has 1 aliphatic heterocycles. The van der Waals surface area contributed by atoms with Crippen LogP contribution in [0.2, 0.25) is 0 Å². The van der Waals surface area contributed by atoms with E-state index in [2.05, 4.69) is 24.4 Å². The molecule has 1 aliphatic rings. The molecule has 2 nitrogen and oxygen atoms in total. The number of carbonyl (C=O) groups excluding carboxylic acids is 1. The predicted molar refractivity (Wildman–Crippen MR) is 51.9 cm³/mol. The molecule has 0 saturated carbocycles. The van der Waals surface area contributed by atoms with Gasteiger partial charge in [0.25, 0.3) is 0 Å². The zero-order valence-electron chi connectivity index (χ0n) is 7.76. The van der Waals surface area contributed by atoms with Gasteiger partial charge in [0, 0.05) is 12.1 Å². The van der Waals surface area contributed by atoms with Gasteiger partial charge in [-0.3, -0.25) is 4.79 Å². The maximum absolute atomic E-state index is 11.5. The number of Topliss-reactive ketones (excluding diaryl/α,β-unsaturated/α-hetero) is 1. The fourth-order valence-electron chi connectivity index (χ4n) is 1.66. The van der Waals surface area contributed by atoms with Gasteiger partial charge >= 0.3 is 0 Å². The monoisotopic (exact) mass is 175 g/mol. The number of rotatable bonds is 1. The standard InChI is InChI=1S/C11H13NO/c1-2-8-3-4-9-6-12-7-11(13)10(9)5-8/h3-5,12H,2,6-7H2,1H3. The summed E-state index contributed by atoms with van der Waals surface area (Å²) < 4.78 is 0. The lowest BCUT2D eigenvalue weighted by Crippen LogP contribution is -2.29. The second kappa shape index (κ2) is 3.30. The molecule has 0 amide bonds. The summed E-state index contributed by atoms with van der Waals surface area (Å²) in [4.78, 5) is 11.5. The van der Waals surface area contributed by atoms with Gasteiger partial charge in [-0.2, -0.15) is 0 Å². The molecule has 1 heterocycles. The molecule has 0 saturated heterocycles. The fourth-order valence-corrected chi connectivity index (χ4v) is 1.66. The van der Waals surface area contributed by atoms with E-state index in [0.717, 1.165) is 24.1 Å². The Morgan fingerprint density at radius 3 is 3.00 bits per heavy atom. The van der Waals surface area contributed by atoms with E-state index in [9.17, 15) is 4.79 Å². The summed E-state index contributed by atoms with van der Waals surface area (Å²) in [5.41, 5.74) is 3.29. The summed E-state index contributed by atoms with van der Waals surface area (Å²) in [6.07, 6.45) is 0.994. The summed E-state index contributed by atoms with van der Waals surface area (Å²) in [5, 5.41) is 3.08. The SMILES string of the molecule is CCc1ccc2c(c1)C(=O)CNC2. The van der Waals surface area contributed by atoms with Gasteiger partial charge < -0.3 is 5.32 Å². The van der Waals surface area contributed by atoms with E-state index in [1.54, 1.807) is 0 Å². The topological polar surface area (TPSA) is 29.1 Å². The van der Waals surface area contributed by atoms with Gasteiger partial charge in [0.1, 0.15) is 0 Å². The molecule has 0 atom stereocenters. The summed E-state index contributed by atoms with van der Waals surface area (Å²) in [7, 11) is 0. The van der Waals surface area contributed by atoms with E-state index >= 15 is 0 Å². The Balaban J connectivity index is 2.47. The Kier molecular flexibility index (Phi) is 2.15. The molecule has 13 heavy (non-hydrogen) atoms. The molecule has 0 fully saturated rings.